The first-order valence-electron chi connectivity index (χ1n) is 8.73. The molecule has 0 bridgehead atoms. The molecule has 0 aliphatic heterocycles. The fraction of sp³-hybridized carbons (Fsp3) is 0.350. The van der Waals surface area contributed by atoms with Crippen LogP contribution in [0.1, 0.15) is 31.0 Å². The molecule has 0 fully saturated rings. The first-order chi connectivity index (χ1) is 13.0. The minimum absolute atomic E-state index is 0. The van der Waals surface area contributed by atoms with Gasteiger partial charge < -0.3 is 25.2 Å². The van der Waals surface area contributed by atoms with E-state index in [0.717, 1.165) is 22.1 Å². The molecule has 0 spiro atoms. The van der Waals surface area contributed by atoms with E-state index in [1.807, 2.05) is 25.1 Å². The Morgan fingerprint density at radius 1 is 1.18 bits per heavy atom. The molecule has 0 heterocycles. The van der Waals surface area contributed by atoms with Crippen LogP contribution in [0.5, 0.6) is 17.2 Å². The Labute approximate surface area is 191 Å². The minimum atomic E-state index is -0.0136. The highest BCUT2D eigenvalue weighted by molar-refractivity contribution is 14.0. The number of hydrogen-bond acceptors (Lipinski definition) is 4. The quantitative estimate of drug-likeness (QED) is 0.261. The van der Waals surface area contributed by atoms with E-state index in [0.29, 0.717) is 24.0 Å². The first kappa shape index (κ1) is 24.4. The van der Waals surface area contributed by atoms with Crippen molar-refractivity contribution in [2.75, 3.05) is 20.8 Å². The van der Waals surface area contributed by atoms with Gasteiger partial charge in [-0.3, -0.25) is 0 Å². The van der Waals surface area contributed by atoms with Crippen LogP contribution in [0, 0.1) is 0 Å². The summed E-state index contributed by atoms with van der Waals surface area (Å²) in [5.41, 5.74) is 2.02. The number of methoxy groups -OCH3 is 2. The van der Waals surface area contributed by atoms with Gasteiger partial charge >= 0.3 is 0 Å². The number of aliphatic imine (C=N–C) groups is 1. The number of nitrogens with one attached hydrogen (secondary N) is 2. The maximum absolute atomic E-state index is 10.0. The van der Waals surface area contributed by atoms with Crippen molar-refractivity contribution in [1.29, 1.82) is 0 Å². The van der Waals surface area contributed by atoms with Gasteiger partial charge in [0, 0.05) is 11.0 Å². The third-order valence-corrected chi connectivity index (χ3v) is 4.75. The maximum Gasteiger partial charge on any atom is 0.200 e. The van der Waals surface area contributed by atoms with Crippen molar-refractivity contribution < 1.29 is 14.6 Å². The molecular formula is C20H27BrIN3O3. The summed E-state index contributed by atoms with van der Waals surface area (Å²) in [6.07, 6.45) is 0. The summed E-state index contributed by atoms with van der Waals surface area (Å²) < 4.78 is 11.5. The van der Waals surface area contributed by atoms with Crippen LogP contribution < -0.4 is 20.1 Å². The molecule has 3 N–H and O–H groups in total. The molecule has 0 saturated carbocycles. The lowest BCUT2D eigenvalue weighted by molar-refractivity contribution is 0.339. The summed E-state index contributed by atoms with van der Waals surface area (Å²) in [4.78, 5) is 4.65. The second-order valence-electron chi connectivity index (χ2n) is 5.93. The zero-order valence-corrected chi connectivity index (χ0v) is 20.4. The average Bonchev–Trinajstić information content (AvgIpc) is 2.67. The smallest absolute Gasteiger partial charge is 0.200 e. The summed E-state index contributed by atoms with van der Waals surface area (Å²) in [5, 5.41) is 16.7. The highest BCUT2D eigenvalue weighted by Crippen LogP contribution is 2.37. The average molecular weight is 564 g/mol. The molecule has 1 atom stereocenters. The van der Waals surface area contributed by atoms with E-state index in [9.17, 15) is 5.11 Å². The second-order valence-corrected chi connectivity index (χ2v) is 6.79. The largest absolute Gasteiger partial charge is 0.502 e. The molecule has 0 aromatic heterocycles. The fourth-order valence-electron chi connectivity index (χ4n) is 2.64. The van der Waals surface area contributed by atoms with Crippen LogP contribution in [-0.4, -0.2) is 31.8 Å². The number of aromatic hydroxyl groups is 1. The normalized spacial score (nSPS) is 12.0. The van der Waals surface area contributed by atoms with E-state index in [-0.39, 0.29) is 35.8 Å². The fourth-order valence-corrected chi connectivity index (χ4v) is 3.27. The van der Waals surface area contributed by atoms with Crippen LogP contribution >= 0.6 is 39.9 Å². The number of rotatable bonds is 7. The Balaban J connectivity index is 0.00000392. The van der Waals surface area contributed by atoms with Crippen molar-refractivity contribution in [3.8, 4) is 17.2 Å². The number of hydrogen-bond donors (Lipinski definition) is 3. The van der Waals surface area contributed by atoms with Crippen molar-refractivity contribution in [2.24, 2.45) is 4.99 Å². The number of phenols is 1. The Morgan fingerprint density at radius 2 is 1.79 bits per heavy atom. The van der Waals surface area contributed by atoms with E-state index < -0.39 is 0 Å². The predicted molar refractivity (Wildman–Crippen MR) is 127 cm³/mol. The van der Waals surface area contributed by atoms with E-state index >= 15 is 0 Å². The van der Waals surface area contributed by atoms with Crippen LogP contribution in [-0.2, 0) is 6.54 Å². The number of phenolic OH excluding ortho intramolecular Hbond substituents is 1. The summed E-state index contributed by atoms with van der Waals surface area (Å²) in [6.45, 7) is 5.26. The Morgan fingerprint density at radius 3 is 2.32 bits per heavy atom. The van der Waals surface area contributed by atoms with E-state index in [1.54, 1.807) is 12.1 Å². The van der Waals surface area contributed by atoms with E-state index in [2.05, 4.69) is 44.5 Å². The highest BCUT2D eigenvalue weighted by atomic mass is 127. The first-order valence-corrected chi connectivity index (χ1v) is 9.52. The second kappa shape index (κ2) is 12.0. The van der Waals surface area contributed by atoms with Crippen LogP contribution in [0.2, 0.25) is 0 Å². The lowest BCUT2D eigenvalue weighted by atomic mass is 10.1. The molecule has 0 saturated heterocycles. The van der Waals surface area contributed by atoms with E-state index in [4.69, 9.17) is 9.47 Å². The predicted octanol–water partition coefficient (Wildman–Crippen LogP) is 4.61. The Kier molecular flexibility index (Phi) is 10.4. The molecule has 6 nitrogen and oxygen atoms in total. The maximum atomic E-state index is 10.0. The van der Waals surface area contributed by atoms with Crippen LogP contribution in [0.25, 0.3) is 0 Å². The lowest BCUT2D eigenvalue weighted by Gasteiger charge is -2.19. The van der Waals surface area contributed by atoms with Crippen molar-refractivity contribution >= 4 is 45.9 Å². The van der Waals surface area contributed by atoms with Gasteiger partial charge in [-0.15, -0.1) is 24.0 Å². The molecule has 0 aliphatic rings. The van der Waals surface area contributed by atoms with Crippen molar-refractivity contribution in [3.05, 3.63) is 52.0 Å². The van der Waals surface area contributed by atoms with Gasteiger partial charge in [0.1, 0.15) is 0 Å². The zero-order valence-electron chi connectivity index (χ0n) is 16.5. The third-order valence-electron chi connectivity index (χ3n) is 4.03. The van der Waals surface area contributed by atoms with Gasteiger partial charge in [0.25, 0.3) is 0 Å². The summed E-state index contributed by atoms with van der Waals surface area (Å²) in [6, 6.07) is 11.7. The van der Waals surface area contributed by atoms with Crippen molar-refractivity contribution in [3.63, 3.8) is 0 Å². The Bertz CT molecular complexity index is 777. The molecule has 0 radical (unpaired) electrons. The SMILES string of the molecule is CCNC(=NCc1cc(OC)c(O)c(OC)c1)NC(C)c1ccccc1Br.I. The van der Waals surface area contributed by atoms with Gasteiger partial charge in [0.15, 0.2) is 17.5 Å². The number of benzene rings is 2. The summed E-state index contributed by atoms with van der Waals surface area (Å²) >= 11 is 3.59. The number of guanidine groups is 1. The minimum Gasteiger partial charge on any atom is -0.502 e. The number of ether oxygens (including phenoxy) is 2. The van der Waals surface area contributed by atoms with Crippen LogP contribution in [0.15, 0.2) is 45.9 Å². The van der Waals surface area contributed by atoms with Crippen LogP contribution in [0.3, 0.4) is 0 Å². The molecule has 0 amide bonds. The number of nitrogens with zero attached hydrogens (tertiary/aromatic N) is 1. The molecule has 8 heteroatoms. The summed E-state index contributed by atoms with van der Waals surface area (Å²) in [7, 11) is 3.01. The van der Waals surface area contributed by atoms with E-state index in [1.165, 1.54) is 14.2 Å². The lowest BCUT2D eigenvalue weighted by Crippen LogP contribution is -2.38. The van der Waals surface area contributed by atoms with Gasteiger partial charge in [-0.25, -0.2) is 4.99 Å². The molecule has 0 aliphatic carbocycles. The highest BCUT2D eigenvalue weighted by Gasteiger charge is 2.13. The zero-order chi connectivity index (χ0) is 19.8. The summed E-state index contributed by atoms with van der Waals surface area (Å²) in [5.74, 6) is 1.41. The standard InChI is InChI=1S/C20H26BrN3O3.HI/c1-5-22-20(24-13(2)15-8-6-7-9-16(15)21)23-12-14-10-17(26-3)19(25)18(11-14)27-4;/h6-11,13,25H,5,12H2,1-4H3,(H2,22,23,24);1H. The van der Waals surface area contributed by atoms with Crippen molar-refractivity contribution in [1.82, 2.24) is 10.6 Å². The Hall–Kier alpha value is -1.68. The molecule has 1 unspecified atom stereocenters. The monoisotopic (exact) mass is 563 g/mol. The topological polar surface area (TPSA) is 75.1 Å². The molecular weight excluding hydrogens is 537 g/mol. The molecule has 2 aromatic carbocycles. The molecule has 2 rings (SSSR count). The molecule has 154 valence electrons. The molecule has 2 aromatic rings. The van der Waals surface area contributed by atoms with Crippen molar-refractivity contribution in [2.45, 2.75) is 26.4 Å². The van der Waals surface area contributed by atoms with Gasteiger partial charge in [0.05, 0.1) is 26.8 Å². The van der Waals surface area contributed by atoms with Gasteiger partial charge in [-0.1, -0.05) is 34.1 Å². The number of halogens is 2. The molecule has 28 heavy (non-hydrogen) atoms. The van der Waals surface area contributed by atoms with Gasteiger partial charge in [-0.2, -0.15) is 0 Å². The third kappa shape index (κ3) is 6.44. The van der Waals surface area contributed by atoms with Gasteiger partial charge in [-0.05, 0) is 43.2 Å². The van der Waals surface area contributed by atoms with Gasteiger partial charge in [0.2, 0.25) is 5.75 Å². The van der Waals surface area contributed by atoms with Crippen LogP contribution in [0.4, 0.5) is 0 Å².